The van der Waals surface area contributed by atoms with Crippen molar-refractivity contribution in [3.05, 3.63) is 35.9 Å². The van der Waals surface area contributed by atoms with E-state index in [9.17, 15) is 0 Å². The Labute approximate surface area is 54.8 Å². The van der Waals surface area contributed by atoms with Crippen LogP contribution >= 0.6 is 0 Å². The summed E-state index contributed by atoms with van der Waals surface area (Å²) in [6, 6.07) is 8.84. The Kier molecular flexibility index (Phi) is 1.45. The van der Waals surface area contributed by atoms with Crippen LogP contribution in [0.2, 0.25) is 0 Å². The summed E-state index contributed by atoms with van der Waals surface area (Å²) in [6.45, 7) is 0. The lowest BCUT2D eigenvalue weighted by Gasteiger charge is -1.85. The van der Waals surface area contributed by atoms with Crippen LogP contribution < -0.4 is 0 Å². The molecule has 0 unspecified atom stereocenters. The van der Waals surface area contributed by atoms with Gasteiger partial charge in [0.2, 0.25) is 0 Å². The molecule has 0 atom stereocenters. The molecule has 0 aliphatic rings. The topological polar surface area (TPSA) is 32.6 Å². The number of rotatable bonds is 1. The molecule has 0 radical (unpaired) electrons. The molecular weight excluding hydrogens is 114 g/mol. The number of benzene rings is 1. The van der Waals surface area contributed by atoms with Crippen LogP contribution in [0.3, 0.4) is 0 Å². The average Bonchev–Trinajstić information content (AvgIpc) is 2.05. The number of hydrogen-bond donors (Lipinski definition) is 1. The molecule has 0 heterocycles. The quantitative estimate of drug-likeness (QED) is 0.342. The van der Waals surface area contributed by atoms with Crippen molar-refractivity contribution in [2.45, 2.75) is 0 Å². The first-order valence-corrected chi connectivity index (χ1v) is 2.58. The summed E-state index contributed by atoms with van der Waals surface area (Å²) in [7, 11) is 0. The Morgan fingerprint density at radius 2 is 2.11 bits per heavy atom. The van der Waals surface area contributed by atoms with Crippen LogP contribution in [-0.4, -0.2) is 11.4 Å². The molecule has 0 fully saturated rings. The zero-order chi connectivity index (χ0) is 7.40. The van der Waals surface area contributed by atoms with Gasteiger partial charge in [-0.3, -0.25) is 0 Å². The normalized spacial score (nSPS) is 12.9. The smallest absolute Gasteiger partial charge is 0.0882 e. The Hall–Kier alpha value is -1.31. The highest BCUT2D eigenvalue weighted by Crippen LogP contribution is 1.92. The van der Waals surface area contributed by atoms with E-state index in [4.69, 9.17) is 6.58 Å². The molecule has 46 valence electrons. The van der Waals surface area contributed by atoms with E-state index in [2.05, 4.69) is 5.16 Å². The van der Waals surface area contributed by atoms with Crippen LogP contribution in [0.15, 0.2) is 35.5 Å². The predicted molar refractivity (Wildman–Crippen MR) is 35.8 cm³/mol. The van der Waals surface area contributed by atoms with Crippen molar-refractivity contribution >= 4 is 6.19 Å². The monoisotopic (exact) mass is 123 g/mol. The highest BCUT2D eigenvalue weighted by Gasteiger charge is 1.79. The first-order valence-electron chi connectivity index (χ1n) is 3.08. The van der Waals surface area contributed by atoms with Gasteiger partial charge < -0.3 is 5.21 Å². The van der Waals surface area contributed by atoms with Gasteiger partial charge in [-0.1, -0.05) is 35.5 Å². The first-order chi connectivity index (χ1) is 4.84. The van der Waals surface area contributed by atoms with Crippen LogP contribution in [0.25, 0.3) is 0 Å². The molecule has 0 amide bonds. The fraction of sp³-hybridized carbons (Fsp3) is 0. The summed E-state index contributed by atoms with van der Waals surface area (Å²) in [4.78, 5) is 0. The van der Waals surface area contributed by atoms with E-state index in [1.165, 1.54) is 0 Å². The zero-order valence-corrected chi connectivity index (χ0v) is 4.78. The molecule has 0 spiro atoms. The minimum absolute atomic E-state index is 0.111. The SMILES string of the molecule is [3H]C(=NO)c1ccccc1. The van der Waals surface area contributed by atoms with Crippen molar-refractivity contribution in [1.82, 2.24) is 0 Å². The molecule has 1 aromatic rings. The third-order valence-corrected chi connectivity index (χ3v) is 0.953. The van der Waals surface area contributed by atoms with Gasteiger partial charge >= 0.3 is 0 Å². The van der Waals surface area contributed by atoms with Gasteiger partial charge in [-0.2, -0.15) is 0 Å². The molecule has 2 nitrogen and oxygen atoms in total. The minimum atomic E-state index is -0.111. The van der Waals surface area contributed by atoms with Crippen molar-refractivity contribution in [2.24, 2.45) is 5.16 Å². The highest BCUT2D eigenvalue weighted by molar-refractivity contribution is 5.78. The lowest BCUT2D eigenvalue weighted by molar-refractivity contribution is 0.322. The van der Waals surface area contributed by atoms with E-state index in [0.29, 0.717) is 5.56 Å². The largest absolute Gasteiger partial charge is 0.411 e. The highest BCUT2D eigenvalue weighted by atomic mass is 16.4. The van der Waals surface area contributed by atoms with Crippen LogP contribution in [0.4, 0.5) is 0 Å². The van der Waals surface area contributed by atoms with Gasteiger partial charge in [-0.05, 0) is 5.56 Å². The first kappa shape index (κ1) is 4.56. The predicted octanol–water partition coefficient (Wildman–Crippen LogP) is 1.49. The zero-order valence-electron chi connectivity index (χ0n) is 5.78. The molecule has 0 aliphatic heterocycles. The summed E-state index contributed by atoms with van der Waals surface area (Å²) in [5, 5.41) is 10.9. The Morgan fingerprint density at radius 3 is 2.67 bits per heavy atom. The van der Waals surface area contributed by atoms with Gasteiger partial charge in [-0.15, -0.1) is 0 Å². The molecule has 1 rings (SSSR count). The molecule has 2 heteroatoms. The minimum Gasteiger partial charge on any atom is -0.411 e. The lowest BCUT2D eigenvalue weighted by atomic mass is 10.2. The van der Waals surface area contributed by atoms with Gasteiger partial charge in [0.25, 0.3) is 0 Å². The second-order valence-electron chi connectivity index (χ2n) is 1.58. The third kappa shape index (κ3) is 1.57. The maximum absolute atomic E-state index is 8.19. The van der Waals surface area contributed by atoms with Gasteiger partial charge in [0.15, 0.2) is 0 Å². The molecule has 0 saturated heterocycles. The van der Waals surface area contributed by atoms with Crippen molar-refractivity contribution in [3.63, 3.8) is 0 Å². The standard InChI is InChI=1S/C7H7NO/c9-8-6-7-4-2-1-3-5-7/h1-6,9H/i6T. The van der Waals surface area contributed by atoms with Gasteiger partial charge in [0, 0.05) is 0 Å². The van der Waals surface area contributed by atoms with Crippen LogP contribution in [0.5, 0.6) is 0 Å². The van der Waals surface area contributed by atoms with Gasteiger partial charge in [0.1, 0.15) is 0 Å². The fourth-order valence-corrected chi connectivity index (χ4v) is 0.570. The Balaban J connectivity index is 2.96. The van der Waals surface area contributed by atoms with Gasteiger partial charge in [0.05, 0.1) is 7.56 Å². The molecule has 0 aromatic heterocycles. The fourth-order valence-electron chi connectivity index (χ4n) is 0.570. The van der Waals surface area contributed by atoms with E-state index in [1.54, 1.807) is 24.3 Å². The summed E-state index contributed by atoms with van der Waals surface area (Å²) in [5.74, 6) is 0. The van der Waals surface area contributed by atoms with E-state index in [-0.39, 0.29) is 6.19 Å². The van der Waals surface area contributed by atoms with Crippen LogP contribution in [0, 0.1) is 0 Å². The third-order valence-electron chi connectivity index (χ3n) is 0.953. The number of oxime groups is 1. The second-order valence-corrected chi connectivity index (χ2v) is 1.58. The molecule has 9 heavy (non-hydrogen) atoms. The molecular formula is C7H7NO. The van der Waals surface area contributed by atoms with Crippen molar-refractivity contribution in [2.75, 3.05) is 0 Å². The van der Waals surface area contributed by atoms with Crippen LogP contribution in [0.1, 0.15) is 6.93 Å². The summed E-state index contributed by atoms with van der Waals surface area (Å²) >= 11 is 0. The summed E-state index contributed by atoms with van der Waals surface area (Å²) in [6.07, 6.45) is -0.111. The van der Waals surface area contributed by atoms with E-state index in [1.807, 2.05) is 6.07 Å². The van der Waals surface area contributed by atoms with Crippen LogP contribution in [-0.2, 0) is 0 Å². The lowest BCUT2D eigenvalue weighted by Crippen LogP contribution is -1.76. The second kappa shape index (κ2) is 2.87. The summed E-state index contributed by atoms with van der Waals surface area (Å²) < 4.78 is 7.06. The Morgan fingerprint density at radius 1 is 1.44 bits per heavy atom. The maximum atomic E-state index is 8.19. The van der Waals surface area contributed by atoms with E-state index >= 15 is 0 Å². The van der Waals surface area contributed by atoms with Gasteiger partial charge in [-0.25, -0.2) is 0 Å². The Bertz CT molecular complexity index is 233. The molecule has 1 N–H and O–H groups in total. The van der Waals surface area contributed by atoms with E-state index < -0.39 is 0 Å². The molecule has 1 aromatic carbocycles. The molecule has 0 aliphatic carbocycles. The molecule has 0 saturated carbocycles. The van der Waals surface area contributed by atoms with Crippen molar-refractivity contribution in [3.8, 4) is 0 Å². The number of nitrogens with zero attached hydrogens (tertiary/aromatic N) is 1. The maximum Gasteiger partial charge on any atom is 0.0882 e. The average molecular weight is 123 g/mol. The van der Waals surface area contributed by atoms with Crippen molar-refractivity contribution in [1.29, 1.82) is 0 Å². The van der Waals surface area contributed by atoms with Crippen molar-refractivity contribution < 1.29 is 6.58 Å². The van der Waals surface area contributed by atoms with E-state index in [0.717, 1.165) is 0 Å². The molecule has 0 bridgehead atoms. The summed E-state index contributed by atoms with van der Waals surface area (Å²) in [5.41, 5.74) is 0.616. The number of hydrogen-bond acceptors (Lipinski definition) is 2.